The van der Waals surface area contributed by atoms with Crippen LogP contribution in [0.5, 0.6) is 0 Å². The fourth-order valence-electron chi connectivity index (χ4n) is 3.78. The lowest BCUT2D eigenvalue weighted by Crippen LogP contribution is -2.41. The number of aliphatic carboxylic acids is 1. The summed E-state index contributed by atoms with van der Waals surface area (Å²) in [6.07, 6.45) is 4.50. The van der Waals surface area contributed by atoms with Gasteiger partial charge < -0.3 is 5.11 Å². The Labute approximate surface area is 158 Å². The minimum absolute atomic E-state index is 0.0164. The number of carbonyl (C=O) groups is 2. The molecule has 0 aromatic carbocycles. The second-order valence-corrected chi connectivity index (χ2v) is 12.9. The Kier molecular flexibility index (Phi) is 7.11. The highest BCUT2D eigenvalue weighted by Gasteiger charge is 2.43. The molecule has 0 aliphatic heterocycles. The first-order chi connectivity index (χ1) is 11.6. The van der Waals surface area contributed by atoms with Crippen molar-refractivity contribution in [3.63, 3.8) is 0 Å². The van der Waals surface area contributed by atoms with Gasteiger partial charge in [0.15, 0.2) is 9.84 Å². The van der Waals surface area contributed by atoms with Crippen molar-refractivity contribution >= 4 is 21.6 Å². The molecule has 1 rings (SSSR count). The molecule has 1 atom stereocenters. The number of hydrogen-bond donors (Lipinski definition) is 1. The lowest BCUT2D eigenvalue weighted by Gasteiger charge is -2.39. The Balaban J connectivity index is 3.01. The van der Waals surface area contributed by atoms with Crippen LogP contribution in [0.25, 0.3) is 0 Å². The quantitative estimate of drug-likeness (QED) is 0.704. The molecule has 0 amide bonds. The summed E-state index contributed by atoms with van der Waals surface area (Å²) in [5.41, 5.74) is -1.05. The number of carboxylic acid groups (broad SMARTS) is 1. The average molecular weight is 389 g/mol. The first-order valence-corrected chi connectivity index (χ1v) is 11.2. The van der Waals surface area contributed by atoms with Crippen molar-refractivity contribution in [3.05, 3.63) is 0 Å². The zero-order chi connectivity index (χ0) is 20.4. The van der Waals surface area contributed by atoms with Gasteiger partial charge in [0.1, 0.15) is 5.78 Å². The highest BCUT2D eigenvalue weighted by Crippen LogP contribution is 2.43. The molecule has 1 N–H and O–H groups in total. The summed E-state index contributed by atoms with van der Waals surface area (Å²) in [5, 5.41) is 9.47. The molecule has 0 spiro atoms. The molecule has 0 saturated heterocycles. The van der Waals surface area contributed by atoms with Crippen molar-refractivity contribution in [3.8, 4) is 0 Å². The molecule has 0 unspecified atom stereocenters. The lowest BCUT2D eigenvalue weighted by molar-refractivity contribution is -0.148. The second-order valence-electron chi connectivity index (χ2n) is 10.1. The van der Waals surface area contributed by atoms with Gasteiger partial charge in [0.2, 0.25) is 0 Å². The molecule has 1 fully saturated rings. The van der Waals surface area contributed by atoms with E-state index in [0.717, 1.165) is 32.1 Å². The molecule has 0 aromatic rings. The summed E-state index contributed by atoms with van der Waals surface area (Å²) in [7, 11) is -3.34. The van der Waals surface area contributed by atoms with Gasteiger partial charge in [-0.3, -0.25) is 9.59 Å². The van der Waals surface area contributed by atoms with E-state index in [1.165, 1.54) is 0 Å². The molecule has 0 aromatic heterocycles. The Morgan fingerprint density at radius 1 is 1.00 bits per heavy atom. The molecule has 0 radical (unpaired) electrons. The number of rotatable bonds is 7. The summed E-state index contributed by atoms with van der Waals surface area (Å²) in [6.45, 7) is 10.5. The lowest BCUT2D eigenvalue weighted by atomic mass is 9.70. The van der Waals surface area contributed by atoms with Crippen LogP contribution in [0, 0.1) is 16.7 Å². The molecule has 6 heteroatoms. The highest BCUT2D eigenvalue weighted by atomic mass is 32.2. The third kappa shape index (κ3) is 6.07. The number of carbonyl (C=O) groups excluding carboxylic acids is 1. The zero-order valence-corrected chi connectivity index (χ0v) is 18.0. The van der Waals surface area contributed by atoms with E-state index in [2.05, 4.69) is 0 Å². The molecule has 0 bridgehead atoms. The molecule has 1 saturated carbocycles. The summed E-state index contributed by atoms with van der Waals surface area (Å²) in [6, 6.07) is 0. The van der Waals surface area contributed by atoms with Crippen LogP contribution in [0.4, 0.5) is 0 Å². The third-order valence-corrected chi connectivity index (χ3v) is 8.55. The summed E-state index contributed by atoms with van der Waals surface area (Å²) in [5.74, 6) is -1.83. The highest BCUT2D eigenvalue weighted by molar-refractivity contribution is 7.92. The van der Waals surface area contributed by atoms with Crippen molar-refractivity contribution in [2.45, 2.75) is 91.2 Å². The fourth-order valence-corrected chi connectivity index (χ4v) is 5.41. The van der Waals surface area contributed by atoms with E-state index in [4.69, 9.17) is 0 Å². The van der Waals surface area contributed by atoms with Crippen molar-refractivity contribution in [2.24, 2.45) is 16.7 Å². The van der Waals surface area contributed by atoms with Crippen LogP contribution in [-0.4, -0.2) is 35.8 Å². The van der Waals surface area contributed by atoms with Crippen LogP contribution in [0.3, 0.4) is 0 Å². The van der Waals surface area contributed by atoms with Crippen molar-refractivity contribution in [2.75, 3.05) is 5.75 Å². The molecular weight excluding hydrogens is 352 g/mol. The maximum atomic E-state index is 12.8. The molecule has 1 aliphatic rings. The van der Waals surface area contributed by atoms with Crippen molar-refractivity contribution in [1.29, 1.82) is 0 Å². The van der Waals surface area contributed by atoms with Gasteiger partial charge in [0, 0.05) is 12.8 Å². The van der Waals surface area contributed by atoms with E-state index >= 15 is 0 Å². The second kappa shape index (κ2) is 7.99. The van der Waals surface area contributed by atoms with Crippen LogP contribution in [0.1, 0.15) is 86.5 Å². The van der Waals surface area contributed by atoms with E-state index < -0.39 is 37.3 Å². The Morgan fingerprint density at radius 2 is 1.50 bits per heavy atom. The zero-order valence-electron chi connectivity index (χ0n) is 17.2. The Morgan fingerprint density at radius 3 is 1.88 bits per heavy atom. The smallest absolute Gasteiger partial charge is 0.307 e. The van der Waals surface area contributed by atoms with Gasteiger partial charge in [0.25, 0.3) is 0 Å². The number of sulfone groups is 1. The van der Waals surface area contributed by atoms with E-state index in [1.54, 1.807) is 20.8 Å². The molecule has 5 nitrogen and oxygen atoms in total. The predicted octanol–water partition coefficient (Wildman–Crippen LogP) is 4.25. The van der Waals surface area contributed by atoms with Crippen LogP contribution in [0.15, 0.2) is 0 Å². The van der Waals surface area contributed by atoms with Gasteiger partial charge in [-0.1, -0.05) is 40.0 Å². The largest absolute Gasteiger partial charge is 0.481 e. The van der Waals surface area contributed by atoms with Crippen LogP contribution < -0.4 is 0 Å². The topological polar surface area (TPSA) is 88.5 Å². The molecule has 0 heterocycles. The van der Waals surface area contributed by atoms with Gasteiger partial charge in [0.05, 0.1) is 16.4 Å². The van der Waals surface area contributed by atoms with Crippen molar-refractivity contribution < 1.29 is 23.1 Å². The van der Waals surface area contributed by atoms with Crippen LogP contribution in [0.2, 0.25) is 0 Å². The van der Waals surface area contributed by atoms with Gasteiger partial charge >= 0.3 is 5.97 Å². The number of hydrogen-bond acceptors (Lipinski definition) is 4. The maximum absolute atomic E-state index is 12.8. The van der Waals surface area contributed by atoms with Crippen LogP contribution in [-0.2, 0) is 19.4 Å². The minimum Gasteiger partial charge on any atom is -0.481 e. The monoisotopic (exact) mass is 388 g/mol. The first-order valence-electron chi connectivity index (χ1n) is 9.56. The van der Waals surface area contributed by atoms with Gasteiger partial charge in [-0.2, -0.15) is 0 Å². The molecule has 152 valence electrons. The Bertz CT molecular complexity index is 614. The van der Waals surface area contributed by atoms with E-state index in [-0.39, 0.29) is 24.4 Å². The molecule has 1 aliphatic carbocycles. The first kappa shape index (κ1) is 23.1. The Hall–Kier alpha value is -0.910. The molecular formula is C20H36O5S. The number of Topliss-reactive ketones (excluding diaryl/α,β-unsaturated/α-hetero) is 1. The van der Waals surface area contributed by atoms with Crippen molar-refractivity contribution in [1.82, 2.24) is 0 Å². The summed E-state index contributed by atoms with van der Waals surface area (Å²) in [4.78, 5) is 24.3. The summed E-state index contributed by atoms with van der Waals surface area (Å²) < 4.78 is 24.7. The number of carboxylic acids is 1. The maximum Gasteiger partial charge on any atom is 0.307 e. The summed E-state index contributed by atoms with van der Waals surface area (Å²) >= 11 is 0. The minimum atomic E-state index is -3.34. The van der Waals surface area contributed by atoms with Gasteiger partial charge in [-0.25, -0.2) is 8.42 Å². The van der Waals surface area contributed by atoms with E-state index in [0.29, 0.717) is 0 Å². The van der Waals surface area contributed by atoms with E-state index in [1.807, 2.05) is 20.8 Å². The SMILES string of the molecule is CC(C)(C)[C@H](CC(=O)CC1(CS(=O)(=O)C(C)(C)C)CCCCC1)C(=O)O. The molecule has 26 heavy (non-hydrogen) atoms. The van der Waals surface area contributed by atoms with Gasteiger partial charge in [-0.15, -0.1) is 0 Å². The third-order valence-electron chi connectivity index (χ3n) is 5.69. The van der Waals surface area contributed by atoms with E-state index in [9.17, 15) is 23.1 Å². The fraction of sp³-hybridized carbons (Fsp3) is 0.900. The van der Waals surface area contributed by atoms with Crippen LogP contribution >= 0.6 is 0 Å². The van der Waals surface area contributed by atoms with Gasteiger partial charge in [-0.05, 0) is 44.4 Å². The standard InChI is InChI=1S/C20H36O5S/c1-18(2,3)16(17(22)23)12-15(21)13-20(10-8-7-9-11-20)14-26(24,25)19(4,5)6/h16H,7-14H2,1-6H3,(H,22,23)/t16-/m1/s1. The predicted molar refractivity (Wildman–Crippen MR) is 104 cm³/mol. The average Bonchev–Trinajstić information content (AvgIpc) is 2.42. The number of ketones is 1. The normalized spacial score (nSPS) is 19.8.